The monoisotopic (exact) mass is 526 g/mol. The quantitative estimate of drug-likeness (QED) is 0.576. The van der Waals surface area contributed by atoms with E-state index in [1.54, 1.807) is 19.1 Å². The fourth-order valence-electron chi connectivity index (χ4n) is 5.49. The number of rotatable bonds is 3. The van der Waals surface area contributed by atoms with Crippen molar-refractivity contribution in [2.45, 2.75) is 54.6 Å². The van der Waals surface area contributed by atoms with Crippen molar-refractivity contribution in [3.8, 4) is 6.07 Å². The topological polar surface area (TPSA) is 128 Å². The van der Waals surface area contributed by atoms with Crippen LogP contribution in [0, 0.1) is 11.3 Å². The van der Waals surface area contributed by atoms with Gasteiger partial charge in [0.05, 0.1) is 16.5 Å². The van der Waals surface area contributed by atoms with Crippen molar-refractivity contribution in [3.63, 3.8) is 0 Å². The second kappa shape index (κ2) is 8.82. The zero-order valence-corrected chi connectivity index (χ0v) is 22.0. The molecule has 3 amide bonds. The van der Waals surface area contributed by atoms with E-state index in [1.807, 2.05) is 6.07 Å². The normalized spacial score (nSPS) is 26.5. The number of carbonyl (C=O) groups is 3. The van der Waals surface area contributed by atoms with E-state index in [1.165, 1.54) is 12.4 Å². The SMILES string of the molecule is C[C@@H]1[C@H]([AlH2])C[C@H](NC(=O)c2cnc3c(c2)C[C@@]2(C3)C(=O)Nc3ncc(C#N)cc32)C(=O)N1CC(F)(F)F. The summed E-state index contributed by atoms with van der Waals surface area (Å²) in [4.78, 5) is 48.2. The van der Waals surface area contributed by atoms with Gasteiger partial charge in [-0.1, -0.05) is 4.78 Å². The first-order valence-corrected chi connectivity index (χ1v) is 13.0. The summed E-state index contributed by atoms with van der Waals surface area (Å²) in [7, 11) is 0. The van der Waals surface area contributed by atoms with Crippen molar-refractivity contribution < 1.29 is 27.6 Å². The van der Waals surface area contributed by atoms with Crippen LogP contribution in [0.15, 0.2) is 24.5 Å². The van der Waals surface area contributed by atoms with Gasteiger partial charge in [-0.2, -0.15) is 18.4 Å². The van der Waals surface area contributed by atoms with Gasteiger partial charge < -0.3 is 15.5 Å². The van der Waals surface area contributed by atoms with Crippen LogP contribution in [0.4, 0.5) is 19.0 Å². The van der Waals surface area contributed by atoms with E-state index >= 15 is 0 Å². The van der Waals surface area contributed by atoms with E-state index in [0.717, 1.165) is 4.90 Å². The maximum Gasteiger partial charge on any atom is 0.406 e. The fourth-order valence-corrected chi connectivity index (χ4v) is 6.33. The number of nitriles is 1. The van der Waals surface area contributed by atoms with E-state index < -0.39 is 42.0 Å². The molecule has 2 aromatic heterocycles. The number of halogens is 3. The van der Waals surface area contributed by atoms with Crippen LogP contribution in [0.5, 0.6) is 0 Å². The fraction of sp³-hybridized carbons (Fsp3) is 0.417. The van der Waals surface area contributed by atoms with Crippen LogP contribution in [0.25, 0.3) is 0 Å². The number of hydrogen-bond acceptors (Lipinski definition) is 6. The number of likely N-dealkylation sites (tertiary alicyclic amines) is 1. The minimum absolute atomic E-state index is 0.115. The summed E-state index contributed by atoms with van der Waals surface area (Å²) in [5.41, 5.74) is 1.37. The highest BCUT2D eigenvalue weighted by Crippen LogP contribution is 2.46. The minimum atomic E-state index is -4.54. The molecule has 5 rings (SSSR count). The van der Waals surface area contributed by atoms with E-state index in [-0.39, 0.29) is 35.5 Å². The lowest BCUT2D eigenvalue weighted by atomic mass is 9.79. The third-order valence-corrected chi connectivity index (χ3v) is 9.08. The molecule has 190 valence electrons. The number of fused-ring (bicyclic) bond motifs is 3. The molecule has 0 bridgehead atoms. The van der Waals surface area contributed by atoms with Crippen LogP contribution < -0.4 is 10.6 Å². The Bertz CT molecular complexity index is 1380. The number of alkyl halides is 3. The number of nitrogens with one attached hydrogen (secondary N) is 2. The summed E-state index contributed by atoms with van der Waals surface area (Å²) in [5.74, 6) is -1.24. The number of pyridine rings is 2. The Hall–Kier alpha value is -3.48. The summed E-state index contributed by atoms with van der Waals surface area (Å²) >= 11 is 0.566. The van der Waals surface area contributed by atoms with Crippen LogP contribution in [0.3, 0.4) is 0 Å². The van der Waals surface area contributed by atoms with E-state index in [0.29, 0.717) is 44.5 Å². The Morgan fingerprint density at radius 2 is 2.05 bits per heavy atom. The zero-order chi connectivity index (χ0) is 26.7. The van der Waals surface area contributed by atoms with Crippen LogP contribution in [-0.4, -0.2) is 73.7 Å². The highest BCUT2D eigenvalue weighted by atomic mass is 27.0. The molecule has 2 aliphatic heterocycles. The molecule has 1 spiro atoms. The van der Waals surface area contributed by atoms with Gasteiger partial charge in [-0.25, -0.2) is 4.98 Å². The molecule has 9 nitrogen and oxygen atoms in total. The van der Waals surface area contributed by atoms with E-state index in [9.17, 15) is 32.8 Å². The van der Waals surface area contributed by atoms with Crippen molar-refractivity contribution in [3.05, 3.63) is 52.5 Å². The van der Waals surface area contributed by atoms with Gasteiger partial charge >= 0.3 is 6.18 Å². The summed E-state index contributed by atoms with van der Waals surface area (Å²) in [5, 5.41) is 14.6. The Labute approximate surface area is 217 Å². The number of hydrogen-bond donors (Lipinski definition) is 2. The molecular weight excluding hydrogens is 504 g/mol. The number of piperidine rings is 1. The molecule has 1 saturated heterocycles. The molecule has 1 fully saturated rings. The first-order chi connectivity index (χ1) is 17.4. The van der Waals surface area contributed by atoms with Gasteiger partial charge in [0, 0.05) is 36.1 Å². The first kappa shape index (κ1) is 25.2. The Balaban J connectivity index is 1.36. The average molecular weight is 526 g/mol. The lowest BCUT2D eigenvalue weighted by Crippen LogP contribution is -2.59. The Morgan fingerprint density at radius 3 is 2.76 bits per heavy atom. The molecule has 3 aliphatic rings. The smallest absolute Gasteiger partial charge is 0.340 e. The number of amides is 3. The molecule has 1 aliphatic carbocycles. The number of carbonyl (C=O) groups excluding carboxylic acids is 3. The second-order valence-corrected chi connectivity index (χ2v) is 11.5. The molecule has 0 radical (unpaired) electrons. The lowest BCUT2D eigenvalue weighted by molar-refractivity contribution is -0.169. The van der Waals surface area contributed by atoms with Crippen molar-refractivity contribution in [2.75, 3.05) is 11.9 Å². The molecule has 4 heterocycles. The summed E-state index contributed by atoms with van der Waals surface area (Å²) in [6.07, 6.45) is -1.02. The van der Waals surface area contributed by atoms with Crippen molar-refractivity contribution in [2.24, 2.45) is 0 Å². The molecule has 0 saturated carbocycles. The maximum atomic E-state index is 13.1. The summed E-state index contributed by atoms with van der Waals surface area (Å²) in [6.45, 7) is 0.249. The molecule has 0 unspecified atom stereocenters. The largest absolute Gasteiger partial charge is 0.406 e. The van der Waals surface area contributed by atoms with Crippen LogP contribution >= 0.6 is 0 Å². The summed E-state index contributed by atoms with van der Waals surface area (Å²) < 4.78 is 39.1. The van der Waals surface area contributed by atoms with E-state index in [4.69, 9.17) is 0 Å². The predicted molar refractivity (Wildman–Crippen MR) is 126 cm³/mol. The van der Waals surface area contributed by atoms with Gasteiger partial charge in [0.1, 0.15) is 24.5 Å². The van der Waals surface area contributed by atoms with Crippen LogP contribution in [0.2, 0.25) is 4.78 Å². The number of nitrogens with zero attached hydrogens (tertiary/aromatic N) is 4. The number of anilines is 1. The van der Waals surface area contributed by atoms with Crippen LogP contribution in [0.1, 0.15) is 46.1 Å². The van der Waals surface area contributed by atoms with E-state index in [2.05, 4.69) is 20.6 Å². The molecule has 13 heteroatoms. The third kappa shape index (κ3) is 4.34. The van der Waals surface area contributed by atoms with Gasteiger partial charge in [0.25, 0.3) is 5.91 Å². The molecule has 4 atom stereocenters. The highest BCUT2D eigenvalue weighted by Gasteiger charge is 2.52. The third-order valence-electron chi connectivity index (χ3n) is 7.64. The van der Waals surface area contributed by atoms with Crippen molar-refractivity contribution in [1.29, 1.82) is 5.26 Å². The molecule has 0 aromatic carbocycles. The minimum Gasteiger partial charge on any atom is -0.340 e. The predicted octanol–water partition coefficient (Wildman–Crippen LogP) is 1.04. The molecule has 2 N–H and O–H groups in total. The van der Waals surface area contributed by atoms with Gasteiger partial charge in [-0.05, 0) is 37.5 Å². The van der Waals surface area contributed by atoms with Gasteiger partial charge in [-0.15, -0.1) is 0 Å². The Morgan fingerprint density at radius 1 is 1.30 bits per heavy atom. The lowest BCUT2D eigenvalue weighted by Gasteiger charge is -2.42. The molecule has 37 heavy (non-hydrogen) atoms. The molecule has 2 aromatic rings. The average Bonchev–Trinajstić information content (AvgIpc) is 3.36. The Kier molecular flexibility index (Phi) is 6.00. The standard InChI is InChI=1S/C24H20F3N6O3.Al.2H/c1-12-2-3-17(21(35)33(12)11-24(25,26)27)31-20(34)15-5-14-6-23(7-18(14)29-10-15)16-4-13(8-28)9-30-19(16)32-22(23)36;;;/h2,4-5,9-10,12,17H,3,6-7,11H2,1H3,(H,31,34)(H,30,32,36);;;/t12-,17+,23+;;;/m1.../s1. The second-order valence-electron chi connectivity index (χ2n) is 10.0. The zero-order valence-electron chi connectivity index (χ0n) is 20.0. The van der Waals surface area contributed by atoms with Crippen LogP contribution in [-0.2, 0) is 27.8 Å². The van der Waals surface area contributed by atoms with Crippen molar-refractivity contribution in [1.82, 2.24) is 20.2 Å². The van der Waals surface area contributed by atoms with Gasteiger partial charge in [-0.3, -0.25) is 19.4 Å². The van der Waals surface area contributed by atoms with Gasteiger partial charge in [0.15, 0.2) is 0 Å². The van der Waals surface area contributed by atoms with Crippen molar-refractivity contribution >= 4 is 39.8 Å². The maximum absolute atomic E-state index is 13.1. The molecular formula is C24H22AlF3N6O3. The van der Waals surface area contributed by atoms with Gasteiger partial charge in [0.2, 0.25) is 28.1 Å². The first-order valence-electron chi connectivity index (χ1n) is 11.8. The highest BCUT2D eigenvalue weighted by molar-refractivity contribution is 6.13. The summed E-state index contributed by atoms with van der Waals surface area (Å²) in [6, 6.07) is 3.64. The number of aromatic nitrogens is 2.